The molecule has 0 bridgehead atoms. The normalized spacial score (nSPS) is 10.6. The summed E-state index contributed by atoms with van der Waals surface area (Å²) in [5.41, 5.74) is 4.43. The number of benzene rings is 2. The number of thiocarbonyl (C=S) groups is 1. The van der Waals surface area contributed by atoms with Gasteiger partial charge in [0.05, 0.1) is 15.2 Å². The Morgan fingerprint density at radius 1 is 1.14 bits per heavy atom. The van der Waals surface area contributed by atoms with E-state index in [-0.39, 0.29) is 5.75 Å². The van der Waals surface area contributed by atoms with Gasteiger partial charge in [-0.1, -0.05) is 18.2 Å². The molecule has 0 radical (unpaired) electrons. The summed E-state index contributed by atoms with van der Waals surface area (Å²) in [7, 11) is 0. The van der Waals surface area contributed by atoms with Gasteiger partial charge in [-0.25, -0.2) is 0 Å². The van der Waals surface area contributed by atoms with Crippen LogP contribution in [0.15, 0.2) is 56.5 Å². The maximum atomic E-state index is 9.62. The molecule has 0 saturated carbocycles. The first-order valence-corrected chi connectivity index (χ1v) is 7.89. The van der Waals surface area contributed by atoms with Gasteiger partial charge in [-0.3, -0.25) is 5.43 Å². The van der Waals surface area contributed by atoms with Crippen molar-refractivity contribution in [1.82, 2.24) is 5.43 Å². The van der Waals surface area contributed by atoms with E-state index in [2.05, 4.69) is 47.7 Å². The van der Waals surface area contributed by atoms with E-state index in [1.54, 1.807) is 18.3 Å². The second-order valence-corrected chi connectivity index (χ2v) is 6.14. The van der Waals surface area contributed by atoms with Gasteiger partial charge in [0.15, 0.2) is 5.11 Å². The molecule has 2 aromatic rings. The maximum absolute atomic E-state index is 9.62. The van der Waals surface area contributed by atoms with Crippen LogP contribution in [-0.4, -0.2) is 16.4 Å². The highest BCUT2D eigenvalue weighted by Crippen LogP contribution is 2.32. The number of hydrogen-bond donors (Lipinski definition) is 3. The zero-order valence-electron chi connectivity index (χ0n) is 10.7. The quantitative estimate of drug-likeness (QED) is 0.388. The summed E-state index contributed by atoms with van der Waals surface area (Å²) in [5.74, 6) is 0.154. The van der Waals surface area contributed by atoms with Gasteiger partial charge in [0.1, 0.15) is 5.75 Å². The molecular formula is C14H11Br2N3OS. The molecule has 7 heteroatoms. The lowest BCUT2D eigenvalue weighted by atomic mass is 10.2. The van der Waals surface area contributed by atoms with E-state index in [4.69, 9.17) is 12.2 Å². The van der Waals surface area contributed by atoms with E-state index in [0.717, 1.165) is 11.3 Å². The molecule has 0 unspecified atom stereocenters. The number of halogens is 2. The van der Waals surface area contributed by atoms with Crippen LogP contribution in [0, 0.1) is 0 Å². The number of nitrogens with one attached hydrogen (secondary N) is 2. The van der Waals surface area contributed by atoms with E-state index < -0.39 is 0 Å². The van der Waals surface area contributed by atoms with Crippen LogP contribution >= 0.6 is 44.1 Å². The Labute approximate surface area is 144 Å². The minimum atomic E-state index is 0.154. The van der Waals surface area contributed by atoms with Crippen LogP contribution in [0.4, 0.5) is 5.69 Å². The Morgan fingerprint density at radius 2 is 1.76 bits per heavy atom. The molecule has 0 atom stereocenters. The molecule has 2 rings (SSSR count). The number of phenolic OH excluding ortho intramolecular Hbond substituents is 1. The number of hydrazone groups is 1. The highest BCUT2D eigenvalue weighted by molar-refractivity contribution is 9.11. The summed E-state index contributed by atoms with van der Waals surface area (Å²) in [4.78, 5) is 0. The Bertz CT molecular complexity index is 654. The van der Waals surface area contributed by atoms with Crippen LogP contribution in [0.25, 0.3) is 0 Å². The molecule has 0 aromatic heterocycles. The van der Waals surface area contributed by atoms with Crippen molar-refractivity contribution in [2.75, 3.05) is 5.32 Å². The Kier molecular flexibility index (Phi) is 5.72. The molecular weight excluding hydrogens is 418 g/mol. The minimum absolute atomic E-state index is 0.154. The summed E-state index contributed by atoms with van der Waals surface area (Å²) in [6.07, 6.45) is 1.61. The van der Waals surface area contributed by atoms with E-state index in [1.807, 2.05) is 30.3 Å². The fourth-order valence-corrected chi connectivity index (χ4v) is 2.90. The second-order valence-electron chi connectivity index (χ2n) is 4.02. The van der Waals surface area contributed by atoms with E-state index >= 15 is 0 Å². The summed E-state index contributed by atoms with van der Waals surface area (Å²) in [6, 6.07) is 13.1. The van der Waals surface area contributed by atoms with Crippen molar-refractivity contribution in [3.63, 3.8) is 0 Å². The minimum Gasteiger partial charge on any atom is -0.506 e. The van der Waals surface area contributed by atoms with Crippen LogP contribution in [0.1, 0.15) is 5.56 Å². The number of nitrogens with zero attached hydrogens (tertiary/aromatic N) is 1. The molecule has 0 aliphatic rings. The molecule has 0 saturated heterocycles. The van der Waals surface area contributed by atoms with Crippen LogP contribution < -0.4 is 10.7 Å². The highest BCUT2D eigenvalue weighted by atomic mass is 79.9. The van der Waals surface area contributed by atoms with Crippen LogP contribution in [0.2, 0.25) is 0 Å². The van der Waals surface area contributed by atoms with Gasteiger partial charge in [-0.05, 0) is 73.9 Å². The maximum Gasteiger partial charge on any atom is 0.191 e. The summed E-state index contributed by atoms with van der Waals surface area (Å²) in [6.45, 7) is 0. The van der Waals surface area contributed by atoms with Gasteiger partial charge in [0.2, 0.25) is 0 Å². The molecule has 0 amide bonds. The molecule has 0 fully saturated rings. The van der Waals surface area contributed by atoms with Crippen molar-refractivity contribution in [2.45, 2.75) is 0 Å². The first kappa shape index (κ1) is 15.9. The summed E-state index contributed by atoms with van der Waals surface area (Å²) >= 11 is 11.7. The average Bonchev–Trinajstić information content (AvgIpc) is 2.45. The zero-order chi connectivity index (χ0) is 15.2. The van der Waals surface area contributed by atoms with Gasteiger partial charge >= 0.3 is 0 Å². The molecule has 3 N–H and O–H groups in total. The predicted molar refractivity (Wildman–Crippen MR) is 96.9 cm³/mol. The number of phenols is 1. The number of aromatic hydroxyl groups is 1. The van der Waals surface area contributed by atoms with Crippen molar-refractivity contribution in [3.05, 3.63) is 57.0 Å². The topological polar surface area (TPSA) is 56.7 Å². The lowest BCUT2D eigenvalue weighted by Crippen LogP contribution is -2.23. The van der Waals surface area contributed by atoms with Gasteiger partial charge in [0, 0.05) is 5.69 Å². The third kappa shape index (κ3) is 4.80. The standard InChI is InChI=1S/C14H11Br2N3OS/c15-11-6-9(7-12(16)13(11)20)8-17-19-14(21)18-10-4-2-1-3-5-10/h1-8,20H,(H2,18,19,21)/b17-8+. The fourth-order valence-electron chi connectivity index (χ4n) is 1.51. The van der Waals surface area contributed by atoms with Crippen LogP contribution in [0.5, 0.6) is 5.75 Å². The molecule has 0 heterocycles. The number of rotatable bonds is 3. The molecule has 108 valence electrons. The first-order valence-electron chi connectivity index (χ1n) is 5.89. The number of anilines is 1. The predicted octanol–water partition coefficient (Wildman–Crippen LogP) is 4.24. The Hall–Kier alpha value is -1.44. The first-order chi connectivity index (χ1) is 10.1. The van der Waals surface area contributed by atoms with Crippen molar-refractivity contribution in [1.29, 1.82) is 0 Å². The van der Waals surface area contributed by atoms with Gasteiger partial charge in [0.25, 0.3) is 0 Å². The fraction of sp³-hybridized carbons (Fsp3) is 0. The molecule has 0 spiro atoms. The molecule has 0 aliphatic heterocycles. The lowest BCUT2D eigenvalue weighted by Gasteiger charge is -2.06. The molecule has 0 aliphatic carbocycles. The SMILES string of the molecule is Oc1c(Br)cc(/C=N/NC(=S)Nc2ccccc2)cc1Br. The summed E-state index contributed by atoms with van der Waals surface area (Å²) < 4.78 is 1.17. The van der Waals surface area contributed by atoms with Crippen LogP contribution in [0.3, 0.4) is 0 Å². The third-order valence-electron chi connectivity index (χ3n) is 2.45. The molecule has 4 nitrogen and oxygen atoms in total. The number of para-hydroxylation sites is 1. The van der Waals surface area contributed by atoms with Gasteiger partial charge in [-0.15, -0.1) is 0 Å². The van der Waals surface area contributed by atoms with Crippen molar-refractivity contribution < 1.29 is 5.11 Å². The Balaban J connectivity index is 1.95. The summed E-state index contributed by atoms with van der Waals surface area (Å²) in [5, 5.41) is 17.1. The van der Waals surface area contributed by atoms with E-state index in [1.165, 1.54) is 0 Å². The Morgan fingerprint density at radius 3 is 2.38 bits per heavy atom. The third-order valence-corrected chi connectivity index (χ3v) is 3.85. The second kappa shape index (κ2) is 7.53. The largest absolute Gasteiger partial charge is 0.506 e. The van der Waals surface area contributed by atoms with Crippen molar-refractivity contribution in [3.8, 4) is 5.75 Å². The number of hydrogen-bond acceptors (Lipinski definition) is 3. The van der Waals surface area contributed by atoms with Crippen LogP contribution in [-0.2, 0) is 0 Å². The molecule has 2 aromatic carbocycles. The highest BCUT2D eigenvalue weighted by Gasteiger charge is 2.04. The monoisotopic (exact) mass is 427 g/mol. The molecule has 21 heavy (non-hydrogen) atoms. The van der Waals surface area contributed by atoms with Crippen molar-refractivity contribution >= 4 is 61.1 Å². The van der Waals surface area contributed by atoms with Crippen molar-refractivity contribution in [2.24, 2.45) is 5.10 Å². The zero-order valence-corrected chi connectivity index (χ0v) is 14.7. The van der Waals surface area contributed by atoms with Gasteiger partial charge in [-0.2, -0.15) is 5.10 Å². The van der Waals surface area contributed by atoms with E-state index in [9.17, 15) is 5.11 Å². The smallest absolute Gasteiger partial charge is 0.191 e. The average molecular weight is 429 g/mol. The van der Waals surface area contributed by atoms with Gasteiger partial charge < -0.3 is 10.4 Å². The van der Waals surface area contributed by atoms with E-state index in [0.29, 0.717) is 14.1 Å². The lowest BCUT2D eigenvalue weighted by molar-refractivity contribution is 0.468.